The van der Waals surface area contributed by atoms with Crippen molar-refractivity contribution in [3.63, 3.8) is 0 Å². The van der Waals surface area contributed by atoms with Gasteiger partial charge in [-0.15, -0.1) is 0 Å². The molecule has 2 aromatic heterocycles. The molecule has 0 aliphatic rings. The summed E-state index contributed by atoms with van der Waals surface area (Å²) in [5.41, 5.74) is 2.54. The lowest BCUT2D eigenvalue weighted by atomic mass is 10.0. The van der Waals surface area contributed by atoms with Crippen LogP contribution in [0, 0.1) is 6.92 Å². The molecule has 6 heteroatoms. The predicted molar refractivity (Wildman–Crippen MR) is 92.1 cm³/mol. The van der Waals surface area contributed by atoms with E-state index in [4.69, 9.17) is 23.2 Å². The number of nitrogens with zero attached hydrogens (tertiary/aromatic N) is 2. The van der Waals surface area contributed by atoms with Crippen molar-refractivity contribution in [2.24, 2.45) is 0 Å². The fourth-order valence-electron chi connectivity index (χ4n) is 2.34. The zero-order valence-electron chi connectivity index (χ0n) is 12.3. The molecule has 116 valence electrons. The molecule has 3 rings (SSSR count). The van der Waals surface area contributed by atoms with Crippen LogP contribution in [0.5, 0.6) is 0 Å². The first-order valence-electron chi connectivity index (χ1n) is 6.99. The molecule has 0 saturated heterocycles. The maximum absolute atomic E-state index is 12.5. The fraction of sp³-hybridized carbons (Fsp3) is 0.118. The molecule has 0 amide bonds. The van der Waals surface area contributed by atoms with Gasteiger partial charge in [-0.2, -0.15) is 0 Å². The van der Waals surface area contributed by atoms with Crippen molar-refractivity contribution < 1.29 is 0 Å². The third-order valence-electron chi connectivity index (χ3n) is 3.59. The van der Waals surface area contributed by atoms with E-state index in [0.717, 1.165) is 11.1 Å². The van der Waals surface area contributed by atoms with E-state index in [1.165, 1.54) is 0 Å². The van der Waals surface area contributed by atoms with Crippen molar-refractivity contribution in [1.82, 2.24) is 15.0 Å². The average molecular weight is 346 g/mol. The largest absolute Gasteiger partial charge is 0.306 e. The van der Waals surface area contributed by atoms with Crippen molar-refractivity contribution in [3.8, 4) is 11.4 Å². The van der Waals surface area contributed by atoms with E-state index in [-0.39, 0.29) is 5.56 Å². The molecule has 0 aliphatic heterocycles. The van der Waals surface area contributed by atoms with Gasteiger partial charge in [0.15, 0.2) is 0 Å². The highest BCUT2D eigenvalue weighted by Gasteiger charge is 2.14. The summed E-state index contributed by atoms with van der Waals surface area (Å²) in [6.45, 7) is 1.81. The molecule has 0 radical (unpaired) electrons. The van der Waals surface area contributed by atoms with E-state index in [0.29, 0.717) is 33.5 Å². The van der Waals surface area contributed by atoms with Gasteiger partial charge in [0.1, 0.15) is 5.82 Å². The monoisotopic (exact) mass is 345 g/mol. The van der Waals surface area contributed by atoms with Gasteiger partial charge in [-0.3, -0.25) is 9.78 Å². The van der Waals surface area contributed by atoms with E-state index in [2.05, 4.69) is 15.0 Å². The Kier molecular flexibility index (Phi) is 4.46. The van der Waals surface area contributed by atoms with Gasteiger partial charge in [0.25, 0.3) is 5.56 Å². The van der Waals surface area contributed by atoms with E-state index in [1.807, 2.05) is 0 Å². The standard InChI is InChI=1S/C17H13Cl2N3O/c1-10-12(9-13-14(18)3-2-4-15(13)19)17(23)22-16(21-10)11-5-7-20-8-6-11/h2-8H,9H2,1H3,(H,21,22,23). The number of aromatic amines is 1. The number of aryl methyl sites for hydroxylation is 1. The Labute approximate surface area is 143 Å². The fourth-order valence-corrected chi connectivity index (χ4v) is 2.87. The van der Waals surface area contributed by atoms with Crippen molar-refractivity contribution >= 4 is 23.2 Å². The Balaban J connectivity index is 2.04. The Morgan fingerprint density at radius 2 is 1.70 bits per heavy atom. The first-order chi connectivity index (χ1) is 11.1. The third kappa shape index (κ3) is 3.28. The van der Waals surface area contributed by atoms with E-state index < -0.39 is 0 Å². The number of nitrogens with one attached hydrogen (secondary N) is 1. The molecular weight excluding hydrogens is 333 g/mol. The minimum Gasteiger partial charge on any atom is -0.306 e. The number of hydrogen-bond donors (Lipinski definition) is 1. The molecule has 2 heterocycles. The minimum absolute atomic E-state index is 0.194. The van der Waals surface area contributed by atoms with Crippen LogP contribution in [0.4, 0.5) is 0 Å². The molecule has 0 unspecified atom stereocenters. The van der Waals surface area contributed by atoms with Crippen LogP contribution in [-0.2, 0) is 6.42 Å². The lowest BCUT2D eigenvalue weighted by Crippen LogP contribution is -2.18. The van der Waals surface area contributed by atoms with Gasteiger partial charge in [-0.05, 0) is 36.8 Å². The molecule has 1 aromatic carbocycles. The van der Waals surface area contributed by atoms with Crippen molar-refractivity contribution in [1.29, 1.82) is 0 Å². The van der Waals surface area contributed by atoms with Crippen molar-refractivity contribution in [3.05, 3.63) is 79.9 Å². The first-order valence-corrected chi connectivity index (χ1v) is 7.75. The van der Waals surface area contributed by atoms with E-state index in [9.17, 15) is 4.79 Å². The summed E-state index contributed by atoms with van der Waals surface area (Å²) in [4.78, 5) is 23.7. The lowest BCUT2D eigenvalue weighted by molar-refractivity contribution is 0.986. The third-order valence-corrected chi connectivity index (χ3v) is 4.30. The zero-order valence-corrected chi connectivity index (χ0v) is 13.8. The van der Waals surface area contributed by atoms with Gasteiger partial charge in [0.2, 0.25) is 0 Å². The summed E-state index contributed by atoms with van der Waals surface area (Å²) in [5, 5.41) is 1.07. The average Bonchev–Trinajstić information content (AvgIpc) is 2.54. The highest BCUT2D eigenvalue weighted by Crippen LogP contribution is 2.26. The second kappa shape index (κ2) is 6.52. The van der Waals surface area contributed by atoms with Crippen molar-refractivity contribution in [2.75, 3.05) is 0 Å². The van der Waals surface area contributed by atoms with Crippen LogP contribution < -0.4 is 5.56 Å². The second-order valence-corrected chi connectivity index (χ2v) is 5.91. The summed E-state index contributed by atoms with van der Waals surface area (Å²) in [5.74, 6) is 0.518. The number of halogens is 2. The molecular formula is C17H13Cl2N3O. The molecule has 0 bridgehead atoms. The van der Waals surface area contributed by atoms with Crippen LogP contribution in [0.3, 0.4) is 0 Å². The van der Waals surface area contributed by atoms with Gasteiger partial charge in [0.05, 0.1) is 0 Å². The van der Waals surface area contributed by atoms with E-state index in [1.54, 1.807) is 49.6 Å². The number of H-pyrrole nitrogens is 1. The van der Waals surface area contributed by atoms with Crippen molar-refractivity contribution in [2.45, 2.75) is 13.3 Å². The van der Waals surface area contributed by atoms with Crippen LogP contribution in [0.15, 0.2) is 47.5 Å². The molecule has 0 atom stereocenters. The molecule has 0 spiro atoms. The van der Waals surface area contributed by atoms with Crippen LogP contribution in [-0.4, -0.2) is 15.0 Å². The Bertz CT molecular complexity index is 887. The lowest BCUT2D eigenvalue weighted by Gasteiger charge is -2.10. The minimum atomic E-state index is -0.194. The quantitative estimate of drug-likeness (QED) is 0.779. The first kappa shape index (κ1) is 15.7. The number of aromatic nitrogens is 3. The highest BCUT2D eigenvalue weighted by atomic mass is 35.5. The zero-order chi connectivity index (χ0) is 16.4. The normalized spacial score (nSPS) is 10.7. The molecule has 1 N–H and O–H groups in total. The summed E-state index contributed by atoms with van der Waals surface area (Å²) in [7, 11) is 0. The van der Waals surface area contributed by atoms with Gasteiger partial charge < -0.3 is 4.98 Å². The highest BCUT2D eigenvalue weighted by molar-refractivity contribution is 6.36. The van der Waals surface area contributed by atoms with Gasteiger partial charge >= 0.3 is 0 Å². The van der Waals surface area contributed by atoms with Gasteiger partial charge in [-0.1, -0.05) is 29.3 Å². The molecule has 3 aromatic rings. The Hall–Kier alpha value is -2.17. The molecule has 0 fully saturated rings. The summed E-state index contributed by atoms with van der Waals surface area (Å²) >= 11 is 12.4. The van der Waals surface area contributed by atoms with E-state index >= 15 is 0 Å². The number of rotatable bonds is 3. The summed E-state index contributed by atoms with van der Waals surface area (Å²) in [6, 6.07) is 8.87. The van der Waals surface area contributed by atoms with Crippen LogP contribution >= 0.6 is 23.2 Å². The van der Waals surface area contributed by atoms with Crippen LogP contribution in [0.2, 0.25) is 10.0 Å². The van der Waals surface area contributed by atoms with Gasteiger partial charge in [-0.25, -0.2) is 4.98 Å². The number of hydrogen-bond acceptors (Lipinski definition) is 3. The molecule has 4 nitrogen and oxygen atoms in total. The summed E-state index contributed by atoms with van der Waals surface area (Å²) < 4.78 is 0. The SMILES string of the molecule is Cc1nc(-c2ccncc2)[nH]c(=O)c1Cc1c(Cl)cccc1Cl. The Morgan fingerprint density at radius 3 is 2.30 bits per heavy atom. The molecule has 23 heavy (non-hydrogen) atoms. The molecule has 0 saturated carbocycles. The van der Waals surface area contributed by atoms with Gasteiger partial charge in [0, 0.05) is 45.7 Å². The molecule has 0 aliphatic carbocycles. The maximum atomic E-state index is 12.5. The topological polar surface area (TPSA) is 58.6 Å². The second-order valence-electron chi connectivity index (χ2n) is 5.09. The number of benzene rings is 1. The summed E-state index contributed by atoms with van der Waals surface area (Å²) in [6.07, 6.45) is 3.65. The number of pyridine rings is 1. The smallest absolute Gasteiger partial charge is 0.254 e. The van der Waals surface area contributed by atoms with Crippen LogP contribution in [0.1, 0.15) is 16.8 Å². The predicted octanol–water partition coefficient (Wildman–Crippen LogP) is 4.04. The maximum Gasteiger partial charge on any atom is 0.254 e. The Morgan fingerprint density at radius 1 is 1.04 bits per heavy atom. The van der Waals surface area contributed by atoms with Crippen LogP contribution in [0.25, 0.3) is 11.4 Å².